The quantitative estimate of drug-likeness (QED) is 0.732. The van der Waals surface area contributed by atoms with E-state index >= 15 is 0 Å². The smallest absolute Gasteiger partial charge is 0.322 e. The maximum Gasteiger partial charge on any atom is 0.322 e. The number of likely N-dealkylation sites (N-methyl/N-ethyl adjacent to an activating group) is 1. The molecule has 1 saturated heterocycles. The number of morpholine rings is 1. The van der Waals surface area contributed by atoms with E-state index in [0.717, 1.165) is 6.54 Å². The van der Waals surface area contributed by atoms with Crippen LogP contribution in [0.3, 0.4) is 0 Å². The van der Waals surface area contributed by atoms with Gasteiger partial charge in [0.1, 0.15) is 0 Å². The third-order valence-corrected chi connectivity index (χ3v) is 2.97. The van der Waals surface area contributed by atoms with Gasteiger partial charge >= 0.3 is 12.0 Å². The zero-order chi connectivity index (χ0) is 13.2. The molecule has 0 N–H and O–H groups in total. The van der Waals surface area contributed by atoms with Gasteiger partial charge in [0.2, 0.25) is 5.06 Å². The Morgan fingerprint density at radius 3 is 2.33 bits per heavy atom. The van der Waals surface area contributed by atoms with Gasteiger partial charge in [-0.1, -0.05) is 11.6 Å². The predicted molar refractivity (Wildman–Crippen MR) is 63.9 cm³/mol. The summed E-state index contributed by atoms with van der Waals surface area (Å²) in [6, 6.07) is 0.294. The molecule has 0 aromatic carbocycles. The van der Waals surface area contributed by atoms with Crippen molar-refractivity contribution in [3.8, 4) is 12.0 Å². The molecule has 0 spiro atoms. The molecule has 0 amide bonds. The molecular weight excluding hydrogens is 260 g/mol. The Bertz CT molecular complexity index is 411. The van der Waals surface area contributed by atoms with Crippen molar-refractivity contribution in [1.82, 2.24) is 19.9 Å². The highest BCUT2D eigenvalue weighted by Crippen LogP contribution is 2.32. The lowest BCUT2D eigenvalue weighted by Crippen LogP contribution is -2.45. The van der Waals surface area contributed by atoms with Crippen LogP contribution in [0.2, 0.25) is 0 Å². The molecule has 1 unspecified atom stereocenters. The van der Waals surface area contributed by atoms with Gasteiger partial charge in [-0.2, -0.15) is 9.97 Å². The summed E-state index contributed by atoms with van der Waals surface area (Å²) >= 11 is 6.43. The van der Waals surface area contributed by atoms with Gasteiger partial charge in [-0.15, -0.1) is 4.98 Å². The normalized spacial score (nSPS) is 24.9. The summed E-state index contributed by atoms with van der Waals surface area (Å²) in [4.78, 5) is 14.2. The van der Waals surface area contributed by atoms with E-state index in [9.17, 15) is 0 Å². The lowest BCUT2D eigenvalue weighted by molar-refractivity contribution is -0.0577. The Morgan fingerprint density at radius 2 is 1.83 bits per heavy atom. The standard InChI is InChI=1S/C10H15ClN4O3/c1-15-4-5-18-10(11,6-15)7-12-8(16-2)14-9(13-7)17-3/h4-6H2,1-3H3. The summed E-state index contributed by atoms with van der Waals surface area (Å²) in [5.74, 6) is 0.291. The number of nitrogens with zero attached hydrogens (tertiary/aromatic N) is 4. The summed E-state index contributed by atoms with van der Waals surface area (Å²) in [6.45, 7) is 1.80. The maximum absolute atomic E-state index is 6.43. The lowest BCUT2D eigenvalue weighted by Gasteiger charge is -2.35. The molecule has 1 aliphatic heterocycles. The van der Waals surface area contributed by atoms with Crippen molar-refractivity contribution in [2.45, 2.75) is 5.06 Å². The number of alkyl halides is 1. The third kappa shape index (κ3) is 2.63. The Kier molecular flexibility index (Phi) is 3.84. The first kappa shape index (κ1) is 13.3. The van der Waals surface area contributed by atoms with Crippen LogP contribution >= 0.6 is 11.6 Å². The fourth-order valence-corrected chi connectivity index (χ4v) is 2.02. The number of halogens is 1. The second-order valence-electron chi connectivity index (χ2n) is 3.95. The summed E-state index contributed by atoms with van der Waals surface area (Å²) in [6.07, 6.45) is 0. The Labute approximate surface area is 110 Å². The molecule has 1 atom stereocenters. The van der Waals surface area contributed by atoms with Crippen LogP contribution in [-0.2, 0) is 9.80 Å². The van der Waals surface area contributed by atoms with Gasteiger partial charge in [0.05, 0.1) is 20.8 Å². The molecule has 1 aromatic rings. The second-order valence-corrected chi connectivity index (χ2v) is 4.56. The number of ether oxygens (including phenoxy) is 3. The zero-order valence-electron chi connectivity index (χ0n) is 10.5. The number of rotatable bonds is 3. The Morgan fingerprint density at radius 1 is 1.22 bits per heavy atom. The molecule has 1 aliphatic rings. The summed E-state index contributed by atoms with van der Waals surface area (Å²) < 4.78 is 15.6. The van der Waals surface area contributed by atoms with Gasteiger partial charge < -0.3 is 14.2 Å². The van der Waals surface area contributed by atoms with Crippen LogP contribution in [0, 0.1) is 0 Å². The van der Waals surface area contributed by atoms with Gasteiger partial charge in [-0.3, -0.25) is 4.90 Å². The van der Waals surface area contributed by atoms with E-state index in [1.54, 1.807) is 0 Å². The van der Waals surface area contributed by atoms with E-state index in [-0.39, 0.29) is 12.0 Å². The molecule has 0 radical (unpaired) electrons. The van der Waals surface area contributed by atoms with E-state index in [4.69, 9.17) is 25.8 Å². The highest BCUT2D eigenvalue weighted by Gasteiger charge is 2.39. The monoisotopic (exact) mass is 274 g/mol. The first-order valence-electron chi connectivity index (χ1n) is 5.43. The number of hydrogen-bond acceptors (Lipinski definition) is 7. The Balaban J connectivity index is 2.36. The minimum atomic E-state index is -1.10. The molecule has 0 aliphatic carbocycles. The van der Waals surface area contributed by atoms with Gasteiger partial charge in [-0.25, -0.2) is 0 Å². The van der Waals surface area contributed by atoms with Gasteiger partial charge in [0.25, 0.3) is 0 Å². The second kappa shape index (κ2) is 5.21. The molecular formula is C10H15ClN4O3. The van der Waals surface area contributed by atoms with Gasteiger partial charge in [0, 0.05) is 13.1 Å². The average Bonchev–Trinajstić information content (AvgIpc) is 2.37. The minimum absolute atomic E-state index is 0.147. The maximum atomic E-state index is 6.43. The average molecular weight is 275 g/mol. The SMILES string of the molecule is COc1nc(OC)nc(C2(Cl)CN(C)CCO2)n1. The van der Waals surface area contributed by atoms with E-state index in [2.05, 4.69) is 15.0 Å². The van der Waals surface area contributed by atoms with Gasteiger partial charge in [0.15, 0.2) is 5.82 Å². The minimum Gasteiger partial charge on any atom is -0.467 e. The molecule has 2 heterocycles. The van der Waals surface area contributed by atoms with Crippen molar-refractivity contribution in [2.24, 2.45) is 0 Å². The summed E-state index contributed by atoms with van der Waals surface area (Å²) in [7, 11) is 4.88. The fraction of sp³-hybridized carbons (Fsp3) is 0.700. The van der Waals surface area contributed by atoms with Crippen molar-refractivity contribution in [1.29, 1.82) is 0 Å². The van der Waals surface area contributed by atoms with Crippen molar-refractivity contribution in [2.75, 3.05) is 41.0 Å². The van der Waals surface area contributed by atoms with Crippen LogP contribution in [-0.4, -0.2) is 60.8 Å². The lowest BCUT2D eigenvalue weighted by atomic mass is 10.2. The van der Waals surface area contributed by atoms with E-state index in [1.807, 2.05) is 11.9 Å². The van der Waals surface area contributed by atoms with Crippen LogP contribution in [0.15, 0.2) is 0 Å². The van der Waals surface area contributed by atoms with Crippen LogP contribution in [0.5, 0.6) is 12.0 Å². The topological polar surface area (TPSA) is 69.6 Å². The van der Waals surface area contributed by atoms with Crippen molar-refractivity contribution < 1.29 is 14.2 Å². The molecule has 2 rings (SSSR count). The first-order valence-corrected chi connectivity index (χ1v) is 5.81. The van der Waals surface area contributed by atoms with Crippen molar-refractivity contribution in [3.05, 3.63) is 5.82 Å². The molecule has 1 fully saturated rings. The molecule has 0 saturated carbocycles. The third-order valence-electron chi connectivity index (χ3n) is 2.57. The van der Waals surface area contributed by atoms with Gasteiger partial charge in [-0.05, 0) is 7.05 Å². The summed E-state index contributed by atoms with van der Waals surface area (Å²) in [5, 5.41) is -1.10. The zero-order valence-corrected chi connectivity index (χ0v) is 11.3. The van der Waals surface area contributed by atoms with Crippen molar-refractivity contribution >= 4 is 11.6 Å². The highest BCUT2D eigenvalue weighted by atomic mass is 35.5. The molecule has 100 valence electrons. The highest BCUT2D eigenvalue weighted by molar-refractivity contribution is 6.22. The largest absolute Gasteiger partial charge is 0.467 e. The molecule has 1 aromatic heterocycles. The van der Waals surface area contributed by atoms with E-state index < -0.39 is 5.06 Å². The molecule has 7 nitrogen and oxygen atoms in total. The fourth-order valence-electron chi connectivity index (χ4n) is 1.66. The summed E-state index contributed by atoms with van der Waals surface area (Å²) in [5.41, 5.74) is 0. The van der Waals surface area contributed by atoms with E-state index in [0.29, 0.717) is 19.0 Å². The van der Waals surface area contributed by atoms with Crippen LogP contribution in [0.25, 0.3) is 0 Å². The van der Waals surface area contributed by atoms with E-state index in [1.165, 1.54) is 14.2 Å². The molecule has 18 heavy (non-hydrogen) atoms. The first-order chi connectivity index (χ1) is 8.57. The van der Waals surface area contributed by atoms with Crippen LogP contribution in [0.4, 0.5) is 0 Å². The number of methoxy groups -OCH3 is 2. The molecule has 0 bridgehead atoms. The number of aromatic nitrogens is 3. The van der Waals surface area contributed by atoms with Crippen LogP contribution in [0.1, 0.15) is 5.82 Å². The number of hydrogen-bond donors (Lipinski definition) is 0. The Hall–Kier alpha value is -1.18. The molecule has 8 heteroatoms. The van der Waals surface area contributed by atoms with Crippen LogP contribution < -0.4 is 9.47 Å². The van der Waals surface area contributed by atoms with Crippen molar-refractivity contribution in [3.63, 3.8) is 0 Å². The predicted octanol–water partition coefficient (Wildman–Crippen LogP) is 0.242.